The Morgan fingerprint density at radius 2 is 1.62 bits per heavy atom. The number of benzene rings is 3. The molecule has 1 aromatic heterocycles. The molecule has 0 atom stereocenters. The number of nitrogens with zero attached hydrogens (tertiary/aromatic N) is 3. The van der Waals surface area contributed by atoms with Crippen molar-refractivity contribution in [2.24, 2.45) is 0 Å². The first kappa shape index (κ1) is 18.5. The van der Waals surface area contributed by atoms with Gasteiger partial charge in [-0.2, -0.15) is 4.80 Å². The summed E-state index contributed by atoms with van der Waals surface area (Å²) in [7, 11) is 0. The van der Waals surface area contributed by atoms with Gasteiger partial charge in [0.05, 0.1) is 12.3 Å². The van der Waals surface area contributed by atoms with E-state index < -0.39 is 0 Å². The van der Waals surface area contributed by atoms with Crippen molar-refractivity contribution >= 4 is 22.6 Å². The number of hydrogen-bond acceptors (Lipinski definition) is 5. The lowest BCUT2D eigenvalue weighted by molar-refractivity contribution is -0.118. The van der Waals surface area contributed by atoms with Crippen molar-refractivity contribution in [2.45, 2.75) is 6.92 Å². The first-order valence-electron chi connectivity index (χ1n) is 9.29. The highest BCUT2D eigenvalue weighted by atomic mass is 16.5. The molecule has 0 aliphatic rings. The monoisotopic (exact) mass is 388 g/mol. The lowest BCUT2D eigenvalue weighted by atomic mass is 10.3. The zero-order valence-electron chi connectivity index (χ0n) is 15.9. The van der Waals surface area contributed by atoms with Crippen LogP contribution in [0.15, 0.2) is 72.8 Å². The molecule has 4 aromatic rings. The number of para-hydroxylation sites is 1. The highest BCUT2D eigenvalue weighted by molar-refractivity contribution is 5.93. The molecule has 3 aromatic carbocycles. The Morgan fingerprint density at radius 1 is 0.897 bits per heavy atom. The van der Waals surface area contributed by atoms with Crippen molar-refractivity contribution in [1.29, 1.82) is 0 Å². The zero-order valence-corrected chi connectivity index (χ0v) is 15.9. The summed E-state index contributed by atoms with van der Waals surface area (Å²) in [6.45, 7) is 2.49. The molecule has 0 bridgehead atoms. The van der Waals surface area contributed by atoms with Gasteiger partial charge in [-0.25, -0.2) is 0 Å². The summed E-state index contributed by atoms with van der Waals surface area (Å²) < 4.78 is 10.9. The first-order chi connectivity index (χ1) is 14.2. The Balaban J connectivity index is 1.44. The molecule has 7 nitrogen and oxygen atoms in total. The Bertz CT molecular complexity index is 1110. The van der Waals surface area contributed by atoms with Gasteiger partial charge in [-0.15, -0.1) is 10.2 Å². The highest BCUT2D eigenvalue weighted by Gasteiger charge is 2.08. The maximum atomic E-state index is 12.1. The molecule has 0 aliphatic heterocycles. The summed E-state index contributed by atoms with van der Waals surface area (Å²) >= 11 is 0. The van der Waals surface area contributed by atoms with Gasteiger partial charge in [-0.05, 0) is 61.5 Å². The van der Waals surface area contributed by atoms with Crippen molar-refractivity contribution in [2.75, 3.05) is 18.5 Å². The molecule has 1 amide bonds. The Morgan fingerprint density at radius 3 is 2.38 bits per heavy atom. The minimum atomic E-state index is -0.243. The number of carbonyl (C=O) groups excluding carboxylic acids is 1. The molecule has 0 radical (unpaired) electrons. The van der Waals surface area contributed by atoms with E-state index in [4.69, 9.17) is 9.47 Å². The summed E-state index contributed by atoms with van der Waals surface area (Å²) in [6, 6.07) is 22.2. The Kier molecular flexibility index (Phi) is 5.38. The fraction of sp³-hybridized carbons (Fsp3) is 0.136. The first-order valence-corrected chi connectivity index (χ1v) is 9.29. The van der Waals surface area contributed by atoms with Crippen LogP contribution in [0.1, 0.15) is 6.92 Å². The van der Waals surface area contributed by atoms with E-state index in [1.807, 2.05) is 55.5 Å². The van der Waals surface area contributed by atoms with Crippen LogP contribution in [-0.2, 0) is 4.79 Å². The van der Waals surface area contributed by atoms with E-state index >= 15 is 0 Å². The van der Waals surface area contributed by atoms with E-state index in [-0.39, 0.29) is 12.5 Å². The Labute approximate surface area is 167 Å². The summed E-state index contributed by atoms with van der Waals surface area (Å²) in [6.07, 6.45) is 0. The lowest BCUT2D eigenvalue weighted by Gasteiger charge is -2.07. The van der Waals surface area contributed by atoms with Crippen molar-refractivity contribution in [1.82, 2.24) is 15.0 Å². The van der Waals surface area contributed by atoms with Gasteiger partial charge in [0.15, 0.2) is 6.61 Å². The van der Waals surface area contributed by atoms with Gasteiger partial charge in [0.2, 0.25) is 0 Å². The van der Waals surface area contributed by atoms with E-state index in [0.717, 1.165) is 17.0 Å². The van der Waals surface area contributed by atoms with Crippen LogP contribution < -0.4 is 14.8 Å². The number of amides is 1. The van der Waals surface area contributed by atoms with Crippen LogP contribution in [0.2, 0.25) is 0 Å². The second-order valence-corrected chi connectivity index (χ2v) is 6.27. The summed E-state index contributed by atoms with van der Waals surface area (Å²) in [5, 5.41) is 11.8. The standard InChI is InChI=1S/C22H20N4O3/c1-2-28-19-11-9-17(10-12-19)26-24-20-13-8-16(14-21(20)25-26)23-22(27)15-29-18-6-4-3-5-7-18/h3-14H,2,15H2,1H3,(H,23,27). The van der Waals surface area contributed by atoms with Crippen LogP contribution in [0.4, 0.5) is 5.69 Å². The smallest absolute Gasteiger partial charge is 0.262 e. The number of hydrogen-bond donors (Lipinski definition) is 1. The molecule has 29 heavy (non-hydrogen) atoms. The number of rotatable bonds is 7. The van der Waals surface area contributed by atoms with E-state index in [1.165, 1.54) is 0 Å². The normalized spacial score (nSPS) is 10.7. The number of fused-ring (bicyclic) bond motifs is 1. The third-order valence-electron chi connectivity index (χ3n) is 4.16. The maximum Gasteiger partial charge on any atom is 0.262 e. The molecule has 0 fully saturated rings. The molecule has 7 heteroatoms. The van der Waals surface area contributed by atoms with Gasteiger partial charge >= 0.3 is 0 Å². The van der Waals surface area contributed by atoms with Crippen LogP contribution >= 0.6 is 0 Å². The summed E-state index contributed by atoms with van der Waals surface area (Å²) in [5.41, 5.74) is 2.88. The van der Waals surface area contributed by atoms with E-state index in [2.05, 4.69) is 15.5 Å². The Hall–Kier alpha value is -3.87. The second kappa shape index (κ2) is 8.43. The molecular formula is C22H20N4O3. The summed E-state index contributed by atoms with van der Waals surface area (Å²) in [4.78, 5) is 13.7. The van der Waals surface area contributed by atoms with Crippen LogP contribution in [0, 0.1) is 0 Å². The molecule has 0 aliphatic carbocycles. The van der Waals surface area contributed by atoms with E-state index in [0.29, 0.717) is 23.6 Å². The van der Waals surface area contributed by atoms with Gasteiger partial charge in [0.1, 0.15) is 22.5 Å². The zero-order chi connectivity index (χ0) is 20.1. The van der Waals surface area contributed by atoms with Gasteiger partial charge in [0, 0.05) is 5.69 Å². The fourth-order valence-electron chi connectivity index (χ4n) is 2.81. The number of anilines is 1. The third-order valence-corrected chi connectivity index (χ3v) is 4.16. The molecule has 4 rings (SSSR count). The maximum absolute atomic E-state index is 12.1. The highest BCUT2D eigenvalue weighted by Crippen LogP contribution is 2.19. The van der Waals surface area contributed by atoms with Crippen molar-refractivity contribution in [3.05, 3.63) is 72.8 Å². The molecule has 1 heterocycles. The van der Waals surface area contributed by atoms with Gasteiger partial charge in [-0.1, -0.05) is 18.2 Å². The number of carbonyl (C=O) groups is 1. The topological polar surface area (TPSA) is 78.3 Å². The van der Waals surface area contributed by atoms with Crippen molar-refractivity contribution < 1.29 is 14.3 Å². The predicted molar refractivity (Wildman–Crippen MR) is 111 cm³/mol. The van der Waals surface area contributed by atoms with Crippen LogP contribution in [0.25, 0.3) is 16.7 Å². The van der Waals surface area contributed by atoms with Gasteiger partial charge < -0.3 is 14.8 Å². The van der Waals surface area contributed by atoms with Crippen LogP contribution in [0.3, 0.4) is 0 Å². The number of ether oxygens (including phenoxy) is 2. The van der Waals surface area contributed by atoms with Gasteiger partial charge in [0.25, 0.3) is 5.91 Å². The molecule has 146 valence electrons. The van der Waals surface area contributed by atoms with Crippen molar-refractivity contribution in [3.63, 3.8) is 0 Å². The third kappa shape index (κ3) is 4.52. The van der Waals surface area contributed by atoms with Gasteiger partial charge in [-0.3, -0.25) is 4.79 Å². The average molecular weight is 388 g/mol. The molecule has 0 spiro atoms. The van der Waals surface area contributed by atoms with Crippen LogP contribution in [0.5, 0.6) is 11.5 Å². The molecule has 1 N–H and O–H groups in total. The minimum absolute atomic E-state index is 0.0685. The van der Waals surface area contributed by atoms with E-state index in [1.54, 1.807) is 29.1 Å². The summed E-state index contributed by atoms with van der Waals surface area (Å²) in [5.74, 6) is 1.21. The quantitative estimate of drug-likeness (QED) is 0.520. The lowest BCUT2D eigenvalue weighted by Crippen LogP contribution is -2.20. The largest absolute Gasteiger partial charge is 0.494 e. The molecular weight excluding hydrogens is 368 g/mol. The predicted octanol–water partition coefficient (Wildman–Crippen LogP) is 3.84. The second-order valence-electron chi connectivity index (χ2n) is 6.27. The molecule has 0 saturated heterocycles. The van der Waals surface area contributed by atoms with Crippen LogP contribution in [-0.4, -0.2) is 34.1 Å². The number of aromatic nitrogens is 3. The fourth-order valence-corrected chi connectivity index (χ4v) is 2.81. The molecule has 0 saturated carbocycles. The van der Waals surface area contributed by atoms with Crippen molar-refractivity contribution in [3.8, 4) is 17.2 Å². The SMILES string of the molecule is CCOc1ccc(-n2nc3ccc(NC(=O)COc4ccccc4)cc3n2)cc1. The number of nitrogens with one attached hydrogen (secondary N) is 1. The average Bonchev–Trinajstić information content (AvgIpc) is 3.17. The van der Waals surface area contributed by atoms with E-state index in [9.17, 15) is 4.79 Å². The minimum Gasteiger partial charge on any atom is -0.494 e. The molecule has 0 unspecified atom stereocenters.